The van der Waals surface area contributed by atoms with Gasteiger partial charge in [0.1, 0.15) is 5.82 Å². The highest BCUT2D eigenvalue weighted by Gasteiger charge is 2.26. The summed E-state index contributed by atoms with van der Waals surface area (Å²) in [7, 11) is 0. The number of carbonyl (C=O) groups excluding carboxylic acids is 1. The second-order valence-electron chi connectivity index (χ2n) is 6.73. The highest BCUT2D eigenvalue weighted by atomic mass is 16.5. The lowest BCUT2D eigenvalue weighted by Gasteiger charge is -2.33. The average Bonchev–Trinajstić information content (AvgIpc) is 2.89. The topological polar surface area (TPSA) is 47.4 Å². The van der Waals surface area contributed by atoms with Gasteiger partial charge in [0.05, 0.1) is 0 Å². The van der Waals surface area contributed by atoms with E-state index in [1.165, 1.54) is 17.9 Å². The van der Waals surface area contributed by atoms with E-state index in [0.29, 0.717) is 11.8 Å². The first-order valence-electron chi connectivity index (χ1n) is 8.50. The van der Waals surface area contributed by atoms with Gasteiger partial charge in [-0.1, -0.05) is 0 Å². The quantitative estimate of drug-likeness (QED) is 0.861. The fourth-order valence-corrected chi connectivity index (χ4v) is 3.76. The number of imidazole rings is 1. The lowest BCUT2D eigenvalue weighted by Crippen LogP contribution is -2.40. The molecule has 1 atom stereocenters. The van der Waals surface area contributed by atoms with Gasteiger partial charge in [0.15, 0.2) is 0 Å². The number of amides is 1. The summed E-state index contributed by atoms with van der Waals surface area (Å²) in [4.78, 5) is 18.3. The third-order valence-corrected chi connectivity index (χ3v) is 5.08. The molecule has 3 heterocycles. The van der Waals surface area contributed by atoms with E-state index in [1.54, 1.807) is 6.92 Å². The molecule has 5 nitrogen and oxygen atoms in total. The zero-order valence-electron chi connectivity index (χ0n) is 13.8. The molecule has 2 saturated heterocycles. The lowest BCUT2D eigenvalue weighted by molar-refractivity contribution is -0.130. The second-order valence-corrected chi connectivity index (χ2v) is 6.73. The predicted molar refractivity (Wildman–Crippen MR) is 84.7 cm³/mol. The van der Waals surface area contributed by atoms with E-state index in [9.17, 15) is 4.79 Å². The molecule has 2 aliphatic heterocycles. The molecule has 0 spiro atoms. The van der Waals surface area contributed by atoms with E-state index in [-0.39, 0.29) is 5.91 Å². The van der Waals surface area contributed by atoms with Crippen molar-refractivity contribution in [1.29, 1.82) is 0 Å². The molecule has 1 aromatic heterocycles. The van der Waals surface area contributed by atoms with E-state index < -0.39 is 0 Å². The van der Waals surface area contributed by atoms with E-state index >= 15 is 0 Å². The number of aromatic nitrogens is 2. The van der Waals surface area contributed by atoms with Crippen LogP contribution in [0, 0.1) is 12.8 Å². The third-order valence-electron chi connectivity index (χ3n) is 5.08. The van der Waals surface area contributed by atoms with Crippen LogP contribution >= 0.6 is 0 Å². The molecule has 1 amide bonds. The van der Waals surface area contributed by atoms with Gasteiger partial charge >= 0.3 is 0 Å². The van der Waals surface area contributed by atoms with Gasteiger partial charge in [-0.3, -0.25) is 4.79 Å². The fraction of sp³-hybridized carbons (Fsp3) is 0.765. The minimum absolute atomic E-state index is 0.205. The van der Waals surface area contributed by atoms with Crippen molar-refractivity contribution in [2.75, 3.05) is 26.3 Å². The first-order chi connectivity index (χ1) is 10.6. The molecule has 22 heavy (non-hydrogen) atoms. The van der Waals surface area contributed by atoms with Crippen molar-refractivity contribution < 1.29 is 9.53 Å². The van der Waals surface area contributed by atoms with Gasteiger partial charge in [-0.05, 0) is 38.5 Å². The predicted octanol–water partition coefficient (Wildman–Crippen LogP) is 2.34. The van der Waals surface area contributed by atoms with Crippen LogP contribution in [0.3, 0.4) is 0 Å². The molecule has 1 aromatic rings. The number of ether oxygens (including phenoxy) is 1. The first kappa shape index (κ1) is 15.5. The van der Waals surface area contributed by atoms with E-state index in [0.717, 1.165) is 52.1 Å². The summed E-state index contributed by atoms with van der Waals surface area (Å²) < 4.78 is 7.87. The summed E-state index contributed by atoms with van der Waals surface area (Å²) >= 11 is 0. The van der Waals surface area contributed by atoms with Gasteiger partial charge in [0.2, 0.25) is 5.91 Å². The van der Waals surface area contributed by atoms with E-state index in [2.05, 4.69) is 16.5 Å². The van der Waals surface area contributed by atoms with Crippen molar-refractivity contribution in [3.63, 3.8) is 0 Å². The molecule has 0 radical (unpaired) electrons. The Kier molecular flexibility index (Phi) is 4.81. The Labute approximate surface area is 132 Å². The van der Waals surface area contributed by atoms with Crippen LogP contribution in [0.4, 0.5) is 0 Å². The van der Waals surface area contributed by atoms with Crippen LogP contribution in [0.25, 0.3) is 0 Å². The first-order valence-corrected chi connectivity index (χ1v) is 8.50. The molecular weight excluding hydrogens is 278 g/mol. The maximum Gasteiger partial charge on any atom is 0.219 e. The van der Waals surface area contributed by atoms with E-state index in [1.807, 2.05) is 11.1 Å². The number of likely N-dealkylation sites (tertiary alicyclic amines) is 1. The van der Waals surface area contributed by atoms with Gasteiger partial charge in [-0.15, -0.1) is 0 Å². The summed E-state index contributed by atoms with van der Waals surface area (Å²) in [6, 6.07) is 0. The second kappa shape index (κ2) is 6.82. The Hall–Kier alpha value is -1.36. The average molecular weight is 305 g/mol. The van der Waals surface area contributed by atoms with Crippen LogP contribution < -0.4 is 0 Å². The van der Waals surface area contributed by atoms with Crippen LogP contribution in [0.15, 0.2) is 6.20 Å². The van der Waals surface area contributed by atoms with Crippen LogP contribution in [0.5, 0.6) is 0 Å². The number of aryl methyl sites for hydroxylation is 1. The number of piperidine rings is 1. The van der Waals surface area contributed by atoms with Crippen molar-refractivity contribution in [3.05, 3.63) is 17.7 Å². The van der Waals surface area contributed by atoms with Crippen molar-refractivity contribution in [3.8, 4) is 0 Å². The van der Waals surface area contributed by atoms with Crippen LogP contribution in [-0.4, -0.2) is 46.7 Å². The molecular formula is C17H27N3O2. The zero-order valence-corrected chi connectivity index (χ0v) is 13.8. The van der Waals surface area contributed by atoms with Crippen LogP contribution in [0.2, 0.25) is 0 Å². The molecule has 2 fully saturated rings. The molecule has 0 aromatic carbocycles. The highest BCUT2D eigenvalue weighted by Crippen LogP contribution is 2.28. The molecule has 3 rings (SSSR count). The van der Waals surface area contributed by atoms with Gasteiger partial charge in [0.25, 0.3) is 0 Å². The molecule has 122 valence electrons. The largest absolute Gasteiger partial charge is 0.381 e. The number of carbonyl (C=O) groups is 1. The Bertz CT molecular complexity index is 520. The summed E-state index contributed by atoms with van der Waals surface area (Å²) in [5.74, 6) is 2.50. The molecule has 0 bridgehead atoms. The highest BCUT2D eigenvalue weighted by molar-refractivity contribution is 5.73. The smallest absolute Gasteiger partial charge is 0.219 e. The van der Waals surface area contributed by atoms with Gasteiger partial charge in [0, 0.05) is 57.6 Å². The third kappa shape index (κ3) is 3.35. The number of nitrogens with zero attached hydrogens (tertiary/aromatic N) is 3. The van der Waals surface area contributed by atoms with Crippen molar-refractivity contribution in [2.45, 2.75) is 52.0 Å². The lowest BCUT2D eigenvalue weighted by atomic mass is 9.96. The van der Waals surface area contributed by atoms with E-state index in [4.69, 9.17) is 4.74 Å². The van der Waals surface area contributed by atoms with Gasteiger partial charge < -0.3 is 14.2 Å². The Morgan fingerprint density at radius 3 is 2.86 bits per heavy atom. The standard InChI is InChI=1S/C17H27N3O2/c1-13-10-18-17(16-5-8-22-9-6-16)20(13)12-15-4-3-7-19(11-15)14(2)21/h10,15-16H,3-9,11-12H2,1-2H3. The Balaban J connectivity index is 1.71. The molecule has 2 aliphatic rings. The minimum Gasteiger partial charge on any atom is -0.381 e. The van der Waals surface area contributed by atoms with Crippen molar-refractivity contribution in [2.24, 2.45) is 5.92 Å². The monoisotopic (exact) mass is 305 g/mol. The van der Waals surface area contributed by atoms with Crippen LogP contribution in [-0.2, 0) is 16.1 Å². The summed E-state index contributed by atoms with van der Waals surface area (Å²) in [6.07, 6.45) is 6.46. The van der Waals surface area contributed by atoms with Gasteiger partial charge in [-0.25, -0.2) is 4.98 Å². The molecule has 1 unspecified atom stereocenters. The summed E-state index contributed by atoms with van der Waals surface area (Å²) in [5, 5.41) is 0. The minimum atomic E-state index is 0.205. The molecule has 5 heteroatoms. The normalized spacial score (nSPS) is 23.7. The number of hydrogen-bond acceptors (Lipinski definition) is 3. The molecule has 0 saturated carbocycles. The summed E-state index contributed by atoms with van der Waals surface area (Å²) in [6.45, 7) is 8.31. The van der Waals surface area contributed by atoms with Crippen molar-refractivity contribution in [1.82, 2.24) is 14.5 Å². The zero-order chi connectivity index (χ0) is 15.5. The summed E-state index contributed by atoms with van der Waals surface area (Å²) in [5.41, 5.74) is 1.24. The fourth-order valence-electron chi connectivity index (χ4n) is 3.76. The maximum atomic E-state index is 11.6. The van der Waals surface area contributed by atoms with Gasteiger partial charge in [-0.2, -0.15) is 0 Å². The van der Waals surface area contributed by atoms with Crippen molar-refractivity contribution >= 4 is 5.91 Å². The number of rotatable bonds is 3. The Morgan fingerprint density at radius 2 is 2.14 bits per heavy atom. The Morgan fingerprint density at radius 1 is 1.36 bits per heavy atom. The number of hydrogen-bond donors (Lipinski definition) is 0. The van der Waals surface area contributed by atoms with Crippen LogP contribution in [0.1, 0.15) is 50.0 Å². The maximum absolute atomic E-state index is 11.6. The molecule has 0 N–H and O–H groups in total. The SMILES string of the molecule is CC(=O)N1CCCC(Cn2c(C)cnc2C2CCOCC2)C1. The molecule has 0 aliphatic carbocycles.